The number of para-hydroxylation sites is 1. The molecule has 2 amide bonds. The Balaban J connectivity index is 1.54. The second kappa shape index (κ2) is 8.01. The normalized spacial score (nSPS) is 18.0. The molecule has 7 rings (SSSR count). The molecule has 0 N–H and O–H groups in total. The minimum absolute atomic E-state index is 0.0393. The number of fused-ring (bicyclic) bond motifs is 5. The van der Waals surface area contributed by atoms with E-state index >= 15 is 0 Å². The number of furan rings is 1. The molecule has 1 atom stereocenters. The first kappa shape index (κ1) is 22.2. The van der Waals surface area contributed by atoms with Crippen LogP contribution in [-0.2, 0) is 23.4 Å². The summed E-state index contributed by atoms with van der Waals surface area (Å²) in [6, 6.07) is 23.5. The Kier molecular flexibility index (Phi) is 4.69. The third-order valence-electron chi connectivity index (χ3n) is 7.28. The molecule has 0 aliphatic carbocycles. The Morgan fingerprint density at radius 3 is 2.42 bits per heavy atom. The number of hydrogen-bond donors (Lipinski definition) is 0. The van der Waals surface area contributed by atoms with Crippen LogP contribution in [0.25, 0.3) is 11.0 Å². The van der Waals surface area contributed by atoms with E-state index in [0.29, 0.717) is 17.0 Å². The molecule has 8 heteroatoms. The van der Waals surface area contributed by atoms with Gasteiger partial charge in [0.25, 0.3) is 11.8 Å². The van der Waals surface area contributed by atoms with Gasteiger partial charge in [-0.05, 0) is 42.0 Å². The van der Waals surface area contributed by atoms with E-state index in [4.69, 9.17) is 8.83 Å². The van der Waals surface area contributed by atoms with Crippen molar-refractivity contribution in [1.29, 1.82) is 0 Å². The van der Waals surface area contributed by atoms with Crippen molar-refractivity contribution in [2.75, 3.05) is 4.90 Å². The van der Waals surface area contributed by atoms with Crippen molar-refractivity contribution in [2.45, 2.75) is 18.6 Å². The molecule has 1 unspecified atom stereocenters. The third-order valence-corrected chi connectivity index (χ3v) is 7.28. The maximum absolute atomic E-state index is 14.6. The quantitative estimate of drug-likeness (QED) is 0.344. The first-order valence-electron chi connectivity index (χ1n) is 12.1. The van der Waals surface area contributed by atoms with Gasteiger partial charge in [-0.25, -0.2) is 4.39 Å². The van der Waals surface area contributed by atoms with E-state index in [-0.39, 0.29) is 35.4 Å². The number of amides is 2. The van der Waals surface area contributed by atoms with Gasteiger partial charge in [0, 0.05) is 5.56 Å². The summed E-state index contributed by atoms with van der Waals surface area (Å²) in [6.45, 7) is 0.142. The average Bonchev–Trinajstić information content (AvgIpc) is 3.60. The van der Waals surface area contributed by atoms with Gasteiger partial charge in [0.2, 0.25) is 5.76 Å². The molecule has 4 heterocycles. The minimum atomic E-state index is -1.81. The monoisotopic (exact) mass is 506 g/mol. The summed E-state index contributed by atoms with van der Waals surface area (Å²) in [4.78, 5) is 45.6. The zero-order valence-electron chi connectivity index (χ0n) is 19.9. The molecular weight excluding hydrogens is 487 g/mol. The van der Waals surface area contributed by atoms with Crippen LogP contribution < -0.4 is 10.3 Å². The fraction of sp³-hybridized carbons (Fsp3) is 0.100. The van der Waals surface area contributed by atoms with Crippen LogP contribution in [0.15, 0.2) is 105 Å². The first-order valence-corrected chi connectivity index (χ1v) is 12.1. The van der Waals surface area contributed by atoms with E-state index in [0.717, 1.165) is 17.7 Å². The fourth-order valence-corrected chi connectivity index (χ4v) is 5.67. The molecule has 2 aliphatic heterocycles. The molecule has 0 radical (unpaired) electrons. The maximum Gasteiger partial charge on any atom is 0.291 e. The Morgan fingerprint density at radius 1 is 0.842 bits per heavy atom. The van der Waals surface area contributed by atoms with Gasteiger partial charge < -0.3 is 18.6 Å². The third kappa shape index (κ3) is 2.91. The largest absolute Gasteiger partial charge is 0.467 e. The summed E-state index contributed by atoms with van der Waals surface area (Å²) in [6.07, 6.45) is 1.47. The summed E-state index contributed by atoms with van der Waals surface area (Å²) in [5.41, 5.74) is -0.555. The van der Waals surface area contributed by atoms with Gasteiger partial charge in [0.15, 0.2) is 11.0 Å². The summed E-state index contributed by atoms with van der Waals surface area (Å²) in [5, 5.41) is -0.0393. The Morgan fingerprint density at radius 2 is 1.63 bits per heavy atom. The van der Waals surface area contributed by atoms with Gasteiger partial charge in [0.1, 0.15) is 17.2 Å². The maximum atomic E-state index is 14.6. The summed E-state index contributed by atoms with van der Waals surface area (Å²) in [5.74, 6) is -1.51. The molecule has 2 aromatic heterocycles. The van der Waals surface area contributed by atoms with E-state index in [2.05, 4.69) is 0 Å². The number of nitrogens with zero attached hydrogens (tertiary/aromatic N) is 2. The SMILES string of the molecule is O=C1c2oc3ccc(F)cc3c(=O)c2C2(C(=O)N(Cc3ccccc3)c3ccccc32)N1Cc1ccco1. The molecule has 5 aromatic rings. The van der Waals surface area contributed by atoms with E-state index in [1.54, 1.807) is 41.3 Å². The molecule has 0 fully saturated rings. The highest BCUT2D eigenvalue weighted by molar-refractivity contribution is 6.17. The van der Waals surface area contributed by atoms with E-state index in [9.17, 15) is 18.8 Å². The number of hydrogen-bond acceptors (Lipinski definition) is 5. The van der Waals surface area contributed by atoms with Crippen molar-refractivity contribution in [3.05, 3.63) is 135 Å². The molecule has 0 saturated heterocycles. The standard InChI is InChI=1S/C30H19FN2O5/c31-19-12-13-24-21(15-19)26(34)25-27(38-24)28(35)33(17-20-9-6-14-37-20)30(25)22-10-4-5-11-23(22)32(29(30)36)16-18-7-2-1-3-8-18/h1-15H,16-17H2. The Labute approximate surface area is 215 Å². The number of benzene rings is 3. The van der Waals surface area contributed by atoms with Crippen molar-refractivity contribution in [3.63, 3.8) is 0 Å². The lowest BCUT2D eigenvalue weighted by atomic mass is 9.84. The Hall–Kier alpha value is -4.98. The van der Waals surface area contributed by atoms with Gasteiger partial charge in [-0.2, -0.15) is 0 Å². The zero-order chi connectivity index (χ0) is 26.0. The molecular formula is C30H19FN2O5. The highest BCUT2D eigenvalue weighted by atomic mass is 19.1. The topological polar surface area (TPSA) is 84.0 Å². The smallest absolute Gasteiger partial charge is 0.291 e. The van der Waals surface area contributed by atoms with Crippen LogP contribution in [0, 0.1) is 5.82 Å². The van der Waals surface area contributed by atoms with Crippen LogP contribution in [0.2, 0.25) is 0 Å². The second-order valence-corrected chi connectivity index (χ2v) is 9.35. The predicted octanol–water partition coefficient (Wildman–Crippen LogP) is 4.97. The van der Waals surface area contributed by atoms with Gasteiger partial charge in [-0.15, -0.1) is 0 Å². The lowest BCUT2D eigenvalue weighted by Gasteiger charge is -2.33. The first-order chi connectivity index (χ1) is 18.5. The Bertz CT molecular complexity index is 1810. The van der Waals surface area contributed by atoms with Gasteiger partial charge >= 0.3 is 0 Å². The van der Waals surface area contributed by atoms with Crippen LogP contribution in [0.4, 0.5) is 10.1 Å². The van der Waals surface area contributed by atoms with E-state index in [1.165, 1.54) is 17.2 Å². The van der Waals surface area contributed by atoms with Crippen molar-refractivity contribution < 1.29 is 22.8 Å². The van der Waals surface area contributed by atoms with Crippen LogP contribution in [0.3, 0.4) is 0 Å². The van der Waals surface area contributed by atoms with Crippen LogP contribution in [-0.4, -0.2) is 16.7 Å². The van der Waals surface area contributed by atoms with Crippen LogP contribution >= 0.6 is 0 Å². The molecule has 186 valence electrons. The van der Waals surface area contributed by atoms with Crippen molar-refractivity contribution in [2.24, 2.45) is 0 Å². The van der Waals surface area contributed by atoms with Gasteiger partial charge in [-0.3, -0.25) is 14.4 Å². The molecule has 0 saturated carbocycles. The highest BCUT2D eigenvalue weighted by Crippen LogP contribution is 2.53. The number of rotatable bonds is 4. The second-order valence-electron chi connectivity index (χ2n) is 9.35. The molecule has 0 bridgehead atoms. The van der Waals surface area contributed by atoms with Crippen molar-refractivity contribution >= 4 is 28.5 Å². The zero-order valence-corrected chi connectivity index (χ0v) is 19.9. The predicted molar refractivity (Wildman–Crippen MR) is 136 cm³/mol. The summed E-state index contributed by atoms with van der Waals surface area (Å²) in [7, 11) is 0. The van der Waals surface area contributed by atoms with Gasteiger partial charge in [-0.1, -0.05) is 48.5 Å². The molecule has 7 nitrogen and oxygen atoms in total. The number of halogens is 1. The molecule has 1 spiro atoms. The van der Waals surface area contributed by atoms with Crippen molar-refractivity contribution in [3.8, 4) is 0 Å². The average molecular weight is 506 g/mol. The lowest BCUT2D eigenvalue weighted by Crippen LogP contribution is -2.52. The number of carbonyl (C=O) groups is 2. The number of carbonyl (C=O) groups excluding carboxylic acids is 2. The summed E-state index contributed by atoms with van der Waals surface area (Å²) >= 11 is 0. The highest BCUT2D eigenvalue weighted by Gasteiger charge is 2.65. The van der Waals surface area contributed by atoms with Crippen LogP contribution in [0.5, 0.6) is 0 Å². The van der Waals surface area contributed by atoms with Crippen molar-refractivity contribution in [1.82, 2.24) is 4.90 Å². The fourth-order valence-electron chi connectivity index (χ4n) is 5.67. The minimum Gasteiger partial charge on any atom is -0.467 e. The van der Waals surface area contributed by atoms with E-state index < -0.39 is 28.6 Å². The lowest BCUT2D eigenvalue weighted by molar-refractivity contribution is -0.126. The molecule has 38 heavy (non-hydrogen) atoms. The molecule has 2 aliphatic rings. The van der Waals surface area contributed by atoms with Crippen LogP contribution in [0.1, 0.15) is 33.0 Å². The summed E-state index contributed by atoms with van der Waals surface area (Å²) < 4.78 is 25.7. The number of anilines is 1. The van der Waals surface area contributed by atoms with E-state index in [1.807, 2.05) is 30.3 Å². The molecule has 3 aromatic carbocycles. The van der Waals surface area contributed by atoms with Gasteiger partial charge in [0.05, 0.1) is 36.0 Å².